The fourth-order valence-corrected chi connectivity index (χ4v) is 1.49. The lowest BCUT2D eigenvalue weighted by Crippen LogP contribution is -2.23. The van der Waals surface area contributed by atoms with Crippen LogP contribution in [0.3, 0.4) is 0 Å². The van der Waals surface area contributed by atoms with E-state index in [1.165, 1.54) is 0 Å². The third kappa shape index (κ3) is 5.90. The van der Waals surface area contributed by atoms with Crippen LogP contribution in [-0.4, -0.2) is 25.0 Å². The average molecular weight is 220 g/mol. The third-order valence-corrected chi connectivity index (χ3v) is 2.62. The van der Waals surface area contributed by atoms with Crippen molar-refractivity contribution in [1.29, 1.82) is 0 Å². The quantitative estimate of drug-likeness (QED) is 0.547. The van der Waals surface area contributed by atoms with Crippen LogP contribution in [0.25, 0.3) is 0 Å². The van der Waals surface area contributed by atoms with Crippen LogP contribution in [0.15, 0.2) is 24.3 Å². The van der Waals surface area contributed by atoms with Gasteiger partial charge < -0.3 is 4.74 Å². The maximum absolute atomic E-state index is 10.7. The smallest absolute Gasteiger partial charge is 0.292 e. The van der Waals surface area contributed by atoms with Gasteiger partial charge in [0.2, 0.25) is 0 Å². The number of ether oxygens (including phenoxy) is 1. The summed E-state index contributed by atoms with van der Waals surface area (Å²) in [5.41, 5.74) is -1.13. The van der Waals surface area contributed by atoms with Crippen LogP contribution in [0, 0.1) is 0 Å². The SMILES string of the molecule is CC=CC=CCOC(CC)S(=O)(=O)O. The van der Waals surface area contributed by atoms with Gasteiger partial charge in [-0.05, 0) is 13.3 Å². The Morgan fingerprint density at radius 3 is 2.50 bits per heavy atom. The van der Waals surface area contributed by atoms with Crippen molar-refractivity contribution in [2.45, 2.75) is 25.7 Å². The molecule has 0 bridgehead atoms. The predicted molar refractivity (Wildman–Crippen MR) is 55.5 cm³/mol. The van der Waals surface area contributed by atoms with Gasteiger partial charge in [0.25, 0.3) is 10.1 Å². The molecule has 0 heterocycles. The zero-order valence-electron chi connectivity index (χ0n) is 8.38. The van der Waals surface area contributed by atoms with E-state index in [1.54, 1.807) is 25.2 Å². The summed E-state index contributed by atoms with van der Waals surface area (Å²) in [6, 6.07) is 0. The summed E-state index contributed by atoms with van der Waals surface area (Å²) in [7, 11) is -4.08. The van der Waals surface area contributed by atoms with Crippen LogP contribution in [0.5, 0.6) is 0 Å². The first-order chi connectivity index (χ1) is 6.52. The molecule has 0 amide bonds. The molecule has 1 N–H and O–H groups in total. The predicted octanol–water partition coefficient (Wildman–Crippen LogP) is 1.76. The summed E-state index contributed by atoms with van der Waals surface area (Å²) in [4.78, 5) is 0. The van der Waals surface area contributed by atoms with Crippen LogP contribution in [0.2, 0.25) is 0 Å². The fourth-order valence-electron chi connectivity index (χ4n) is 0.823. The van der Waals surface area contributed by atoms with E-state index in [-0.39, 0.29) is 13.0 Å². The Morgan fingerprint density at radius 2 is 2.07 bits per heavy atom. The lowest BCUT2D eigenvalue weighted by molar-refractivity contribution is 0.120. The molecule has 4 nitrogen and oxygen atoms in total. The molecule has 0 saturated heterocycles. The highest BCUT2D eigenvalue weighted by atomic mass is 32.2. The molecule has 0 saturated carbocycles. The number of hydrogen-bond donors (Lipinski definition) is 1. The highest BCUT2D eigenvalue weighted by Gasteiger charge is 2.20. The average Bonchev–Trinajstić information content (AvgIpc) is 2.09. The van der Waals surface area contributed by atoms with Gasteiger partial charge in [-0.2, -0.15) is 8.42 Å². The van der Waals surface area contributed by atoms with E-state index < -0.39 is 15.6 Å². The highest BCUT2D eigenvalue weighted by molar-refractivity contribution is 7.86. The van der Waals surface area contributed by atoms with E-state index in [0.29, 0.717) is 0 Å². The zero-order chi connectivity index (χ0) is 11.0. The Balaban J connectivity index is 3.98. The van der Waals surface area contributed by atoms with Gasteiger partial charge in [0, 0.05) is 0 Å². The summed E-state index contributed by atoms with van der Waals surface area (Å²) in [6.07, 6.45) is 7.30. The largest absolute Gasteiger partial charge is 0.356 e. The van der Waals surface area contributed by atoms with Crippen LogP contribution in [0.4, 0.5) is 0 Å². The van der Waals surface area contributed by atoms with Gasteiger partial charge in [0.1, 0.15) is 0 Å². The second-order valence-electron chi connectivity index (χ2n) is 2.64. The van der Waals surface area contributed by atoms with E-state index >= 15 is 0 Å². The van der Waals surface area contributed by atoms with Crippen molar-refractivity contribution < 1.29 is 17.7 Å². The molecule has 1 atom stereocenters. The van der Waals surface area contributed by atoms with Crippen molar-refractivity contribution >= 4 is 10.1 Å². The standard InChI is InChI=1S/C9H16O4S/c1-3-5-6-7-8-13-9(4-2)14(10,11)12/h3,5-7,9H,4,8H2,1-2H3,(H,10,11,12). The minimum absolute atomic E-state index is 0.169. The van der Waals surface area contributed by atoms with Gasteiger partial charge in [0.05, 0.1) is 6.61 Å². The molecule has 0 spiro atoms. The zero-order valence-corrected chi connectivity index (χ0v) is 9.20. The van der Waals surface area contributed by atoms with Crippen LogP contribution in [-0.2, 0) is 14.9 Å². The van der Waals surface area contributed by atoms with Crippen molar-refractivity contribution in [3.8, 4) is 0 Å². The molecule has 82 valence electrons. The molecule has 0 aromatic carbocycles. The second-order valence-corrected chi connectivity index (χ2v) is 4.20. The molecular weight excluding hydrogens is 204 g/mol. The van der Waals surface area contributed by atoms with E-state index in [2.05, 4.69) is 0 Å². The molecule has 0 aliphatic carbocycles. The molecule has 0 radical (unpaired) electrons. The van der Waals surface area contributed by atoms with Gasteiger partial charge in [-0.15, -0.1) is 0 Å². The lowest BCUT2D eigenvalue weighted by Gasteiger charge is -2.10. The van der Waals surface area contributed by atoms with Crippen LogP contribution >= 0.6 is 0 Å². The maximum atomic E-state index is 10.7. The van der Waals surface area contributed by atoms with Crippen LogP contribution in [0.1, 0.15) is 20.3 Å². The normalized spacial score (nSPS) is 15.4. The van der Waals surface area contributed by atoms with Crippen molar-refractivity contribution in [2.24, 2.45) is 0 Å². The lowest BCUT2D eigenvalue weighted by atomic mass is 10.4. The van der Waals surface area contributed by atoms with Crippen molar-refractivity contribution in [1.82, 2.24) is 0 Å². The van der Waals surface area contributed by atoms with Gasteiger partial charge in [-0.25, -0.2) is 0 Å². The molecule has 0 rings (SSSR count). The molecule has 0 aromatic rings. The van der Waals surface area contributed by atoms with Gasteiger partial charge >= 0.3 is 0 Å². The third-order valence-electron chi connectivity index (χ3n) is 1.48. The fraction of sp³-hybridized carbons (Fsp3) is 0.556. The first kappa shape index (κ1) is 13.4. The first-order valence-electron chi connectivity index (χ1n) is 4.38. The van der Waals surface area contributed by atoms with Crippen molar-refractivity contribution in [2.75, 3.05) is 6.61 Å². The Hall–Kier alpha value is -0.650. The molecule has 0 aliphatic rings. The topological polar surface area (TPSA) is 63.6 Å². The molecule has 1 unspecified atom stereocenters. The van der Waals surface area contributed by atoms with Gasteiger partial charge in [-0.3, -0.25) is 4.55 Å². The van der Waals surface area contributed by atoms with Crippen molar-refractivity contribution in [3.63, 3.8) is 0 Å². The summed E-state index contributed by atoms with van der Waals surface area (Å²) in [6.45, 7) is 3.68. The van der Waals surface area contributed by atoms with E-state index in [4.69, 9.17) is 9.29 Å². The highest BCUT2D eigenvalue weighted by Crippen LogP contribution is 2.05. The minimum Gasteiger partial charge on any atom is -0.356 e. The Bertz CT molecular complexity index is 290. The molecule has 0 aromatic heterocycles. The summed E-state index contributed by atoms with van der Waals surface area (Å²) < 4.78 is 35.0. The maximum Gasteiger partial charge on any atom is 0.292 e. The van der Waals surface area contributed by atoms with E-state index in [1.807, 2.05) is 13.0 Å². The summed E-state index contributed by atoms with van der Waals surface area (Å²) >= 11 is 0. The first-order valence-corrected chi connectivity index (χ1v) is 5.88. The molecule has 5 heteroatoms. The van der Waals surface area contributed by atoms with Crippen molar-refractivity contribution in [3.05, 3.63) is 24.3 Å². The molecule has 0 aliphatic heterocycles. The molecule has 14 heavy (non-hydrogen) atoms. The van der Waals surface area contributed by atoms with E-state index in [9.17, 15) is 8.42 Å². The van der Waals surface area contributed by atoms with E-state index in [0.717, 1.165) is 0 Å². The Labute approximate surface area is 85.0 Å². The monoisotopic (exact) mass is 220 g/mol. The van der Waals surface area contributed by atoms with Crippen LogP contribution < -0.4 is 0 Å². The Morgan fingerprint density at radius 1 is 1.43 bits per heavy atom. The number of hydrogen-bond acceptors (Lipinski definition) is 3. The molecular formula is C9H16O4S. The summed E-state index contributed by atoms with van der Waals surface area (Å²) in [5.74, 6) is 0. The Kier molecular flexibility index (Phi) is 6.44. The molecule has 0 fully saturated rings. The van der Waals surface area contributed by atoms with Gasteiger partial charge in [0.15, 0.2) is 5.44 Å². The second kappa shape index (κ2) is 6.75. The summed E-state index contributed by atoms with van der Waals surface area (Å²) in [5, 5.41) is 0. The number of rotatable bonds is 6. The van der Waals surface area contributed by atoms with Gasteiger partial charge in [-0.1, -0.05) is 31.2 Å². The minimum atomic E-state index is -4.08. The number of allylic oxidation sites excluding steroid dienone is 3.